The van der Waals surface area contributed by atoms with Gasteiger partial charge in [0, 0.05) is 38.4 Å². The molecule has 1 amide bonds. The zero-order chi connectivity index (χ0) is 29.5. The average molecular weight is 591 g/mol. The normalized spacial score (nSPS) is 17.1. The van der Waals surface area contributed by atoms with Gasteiger partial charge in [0.1, 0.15) is 5.39 Å². The molecule has 8 nitrogen and oxygen atoms in total. The molecule has 2 aliphatic heterocycles. The minimum atomic E-state index is -0.221. The van der Waals surface area contributed by atoms with Crippen molar-refractivity contribution in [3.8, 4) is 5.69 Å². The molecule has 0 radical (unpaired) electrons. The van der Waals surface area contributed by atoms with E-state index in [4.69, 9.17) is 4.98 Å². The highest BCUT2D eigenvalue weighted by Gasteiger charge is 2.33. The molecule has 218 valence electrons. The summed E-state index contributed by atoms with van der Waals surface area (Å²) in [5, 5.41) is 5.64. The third-order valence-corrected chi connectivity index (χ3v) is 9.88. The van der Waals surface area contributed by atoms with E-state index in [1.807, 2.05) is 23.1 Å². The molecule has 0 spiro atoms. The van der Waals surface area contributed by atoms with Crippen molar-refractivity contribution in [3.63, 3.8) is 0 Å². The third-order valence-electron chi connectivity index (χ3n) is 8.78. The number of amides is 1. The molecule has 2 aromatic heterocycles. The van der Waals surface area contributed by atoms with E-state index in [0.29, 0.717) is 41.5 Å². The number of carbonyl (C=O) groups is 1. The van der Waals surface area contributed by atoms with E-state index >= 15 is 0 Å². The van der Waals surface area contributed by atoms with Crippen LogP contribution in [0.15, 0.2) is 95.0 Å². The predicted octanol–water partition coefficient (Wildman–Crippen LogP) is 5.17. The van der Waals surface area contributed by atoms with Crippen molar-refractivity contribution in [1.82, 2.24) is 29.1 Å². The van der Waals surface area contributed by atoms with Gasteiger partial charge in [0.25, 0.3) is 5.56 Å². The van der Waals surface area contributed by atoms with Crippen LogP contribution >= 0.6 is 11.8 Å². The summed E-state index contributed by atoms with van der Waals surface area (Å²) in [6, 6.07) is 27.2. The fourth-order valence-electron chi connectivity index (χ4n) is 6.27. The molecule has 7 rings (SSSR count). The van der Waals surface area contributed by atoms with E-state index in [2.05, 4.69) is 84.5 Å². The van der Waals surface area contributed by atoms with Crippen LogP contribution in [-0.2, 0) is 4.79 Å². The highest BCUT2D eigenvalue weighted by molar-refractivity contribution is 7.99. The van der Waals surface area contributed by atoms with Crippen LogP contribution in [0.2, 0.25) is 0 Å². The van der Waals surface area contributed by atoms with Crippen molar-refractivity contribution < 1.29 is 4.79 Å². The molecule has 4 heterocycles. The number of piperazine rings is 1. The lowest BCUT2D eigenvalue weighted by Crippen LogP contribution is -2.50. The molecule has 0 bridgehead atoms. The zero-order valence-corrected chi connectivity index (χ0v) is 25.2. The van der Waals surface area contributed by atoms with Crippen molar-refractivity contribution in [2.75, 3.05) is 31.9 Å². The second-order valence-corrected chi connectivity index (χ2v) is 12.4. The van der Waals surface area contributed by atoms with Gasteiger partial charge in [-0.15, -0.1) is 0 Å². The second kappa shape index (κ2) is 11.5. The molecular formula is C34H34N6O2S. The van der Waals surface area contributed by atoms with Crippen LogP contribution in [0.25, 0.3) is 16.7 Å². The number of benzene rings is 3. The average Bonchev–Trinajstić information content (AvgIpc) is 3.65. The van der Waals surface area contributed by atoms with Crippen LogP contribution in [0, 0.1) is 13.8 Å². The Bertz CT molecular complexity index is 1800. The lowest BCUT2D eigenvalue weighted by molar-refractivity contribution is -0.133. The Kier molecular flexibility index (Phi) is 7.36. The minimum Gasteiger partial charge on any atom is -0.340 e. The SMILES string of the molecule is Cc1ccc(-n2ncc3c(=O)n4c(nc32)SCC4CC(=O)N2CCN(C(c3ccccc3)c3ccccc3)CC2)cc1C. The summed E-state index contributed by atoms with van der Waals surface area (Å²) in [4.78, 5) is 36.5. The van der Waals surface area contributed by atoms with E-state index in [-0.39, 0.29) is 23.6 Å². The van der Waals surface area contributed by atoms with Crippen molar-refractivity contribution in [3.05, 3.63) is 118 Å². The van der Waals surface area contributed by atoms with Crippen molar-refractivity contribution >= 4 is 28.7 Å². The molecule has 1 saturated heterocycles. The summed E-state index contributed by atoms with van der Waals surface area (Å²) in [5.74, 6) is 0.744. The van der Waals surface area contributed by atoms with E-state index < -0.39 is 0 Å². The molecule has 1 unspecified atom stereocenters. The highest BCUT2D eigenvalue weighted by Crippen LogP contribution is 2.34. The summed E-state index contributed by atoms with van der Waals surface area (Å²) in [6.45, 7) is 7.04. The molecule has 2 aliphatic rings. The van der Waals surface area contributed by atoms with Crippen LogP contribution in [0.3, 0.4) is 0 Å². The molecule has 0 N–H and O–H groups in total. The number of aromatic nitrogens is 4. The maximum atomic E-state index is 13.7. The molecule has 0 aliphatic carbocycles. The van der Waals surface area contributed by atoms with Gasteiger partial charge in [-0.05, 0) is 48.2 Å². The number of hydrogen-bond donors (Lipinski definition) is 0. The number of rotatable bonds is 6. The minimum absolute atomic E-state index is 0.0897. The van der Waals surface area contributed by atoms with E-state index in [0.717, 1.165) is 24.3 Å². The smallest absolute Gasteiger partial charge is 0.265 e. The van der Waals surface area contributed by atoms with Gasteiger partial charge >= 0.3 is 0 Å². The number of nitrogens with zero attached hydrogens (tertiary/aromatic N) is 6. The highest BCUT2D eigenvalue weighted by atomic mass is 32.2. The van der Waals surface area contributed by atoms with Gasteiger partial charge in [0.2, 0.25) is 5.91 Å². The third kappa shape index (κ3) is 5.17. The fraction of sp³-hybridized carbons (Fsp3) is 0.294. The number of aryl methyl sites for hydroxylation is 2. The molecule has 0 saturated carbocycles. The maximum Gasteiger partial charge on any atom is 0.265 e. The van der Waals surface area contributed by atoms with E-state index in [1.165, 1.54) is 28.5 Å². The number of fused-ring (bicyclic) bond motifs is 2. The molecule has 1 atom stereocenters. The summed E-state index contributed by atoms with van der Waals surface area (Å²) in [7, 11) is 0. The first-order valence-electron chi connectivity index (χ1n) is 14.8. The van der Waals surface area contributed by atoms with E-state index in [9.17, 15) is 9.59 Å². The molecule has 43 heavy (non-hydrogen) atoms. The first-order chi connectivity index (χ1) is 21.0. The first-order valence-corrected chi connectivity index (χ1v) is 15.8. The topological polar surface area (TPSA) is 76.3 Å². The van der Waals surface area contributed by atoms with Gasteiger partial charge in [-0.25, -0.2) is 9.67 Å². The number of carbonyl (C=O) groups excluding carboxylic acids is 1. The maximum absolute atomic E-state index is 13.7. The summed E-state index contributed by atoms with van der Waals surface area (Å²) in [6.07, 6.45) is 1.89. The standard InChI is InChI=1S/C34H34N6O2S/c1-23-13-14-27(19-24(23)2)40-32-29(21-35-40)33(42)39-28(22-43-34(39)36-32)20-30(41)37-15-17-38(18-16-37)31(25-9-5-3-6-10-25)26-11-7-4-8-12-26/h3-14,19,21,28,31H,15-18,20,22H2,1-2H3. The quantitative estimate of drug-likeness (QED) is 0.254. The van der Waals surface area contributed by atoms with Crippen molar-refractivity contribution in [1.29, 1.82) is 0 Å². The van der Waals surface area contributed by atoms with Gasteiger partial charge in [-0.3, -0.25) is 19.1 Å². The second-order valence-electron chi connectivity index (χ2n) is 11.4. The van der Waals surface area contributed by atoms with Crippen LogP contribution in [0.1, 0.15) is 40.8 Å². The molecular weight excluding hydrogens is 556 g/mol. The zero-order valence-electron chi connectivity index (χ0n) is 24.4. The van der Waals surface area contributed by atoms with Crippen molar-refractivity contribution in [2.45, 2.75) is 37.5 Å². The monoisotopic (exact) mass is 590 g/mol. The Labute approximate surface area is 255 Å². The summed E-state index contributed by atoms with van der Waals surface area (Å²) >= 11 is 1.54. The molecule has 1 fully saturated rings. The Morgan fingerprint density at radius 3 is 2.23 bits per heavy atom. The molecule has 9 heteroatoms. The lowest BCUT2D eigenvalue weighted by atomic mass is 9.96. The largest absolute Gasteiger partial charge is 0.340 e. The summed E-state index contributed by atoms with van der Waals surface area (Å²) < 4.78 is 3.45. The van der Waals surface area contributed by atoms with Gasteiger partial charge < -0.3 is 4.90 Å². The van der Waals surface area contributed by atoms with Gasteiger partial charge in [-0.1, -0.05) is 78.5 Å². The van der Waals surface area contributed by atoms with Gasteiger partial charge in [-0.2, -0.15) is 5.10 Å². The molecule has 5 aromatic rings. The number of thioether (sulfide) groups is 1. The summed E-state index contributed by atoms with van der Waals surface area (Å²) in [5.41, 5.74) is 6.18. The predicted molar refractivity (Wildman–Crippen MR) is 170 cm³/mol. The fourth-order valence-corrected chi connectivity index (χ4v) is 7.40. The Morgan fingerprint density at radius 2 is 1.58 bits per heavy atom. The van der Waals surface area contributed by atoms with Crippen LogP contribution < -0.4 is 5.56 Å². The van der Waals surface area contributed by atoms with Crippen molar-refractivity contribution in [2.24, 2.45) is 0 Å². The van der Waals surface area contributed by atoms with Crippen LogP contribution in [0.5, 0.6) is 0 Å². The van der Waals surface area contributed by atoms with Crippen LogP contribution in [-0.4, -0.2) is 67.0 Å². The Balaban J connectivity index is 1.07. The lowest BCUT2D eigenvalue weighted by Gasteiger charge is -2.40. The van der Waals surface area contributed by atoms with Gasteiger partial charge in [0.15, 0.2) is 10.8 Å². The number of hydrogen-bond acceptors (Lipinski definition) is 6. The first kappa shape index (κ1) is 27.6. The molecule has 3 aromatic carbocycles. The van der Waals surface area contributed by atoms with Gasteiger partial charge in [0.05, 0.1) is 24.0 Å². The Hall–Kier alpha value is -4.21. The van der Waals surface area contributed by atoms with E-state index in [1.54, 1.807) is 15.4 Å². The van der Waals surface area contributed by atoms with Crippen LogP contribution in [0.4, 0.5) is 0 Å². The Morgan fingerprint density at radius 1 is 0.907 bits per heavy atom.